The van der Waals surface area contributed by atoms with Crippen molar-refractivity contribution >= 4 is 15.2 Å². The third kappa shape index (κ3) is 13.6. The zero-order chi connectivity index (χ0) is 25.1. The fourth-order valence-corrected chi connectivity index (χ4v) is 6.61. The summed E-state index contributed by atoms with van der Waals surface area (Å²) >= 11 is 0. The Hall–Kier alpha value is -0.480. The van der Waals surface area contributed by atoms with E-state index >= 15 is 0 Å². The maximum absolute atomic E-state index is 13.3. The van der Waals surface area contributed by atoms with Crippen LogP contribution in [-0.4, -0.2) is 38.8 Å². The van der Waals surface area contributed by atoms with Gasteiger partial charge in [0.05, 0.1) is 38.8 Å². The Labute approximate surface area is 208 Å². The van der Waals surface area contributed by atoms with E-state index in [-0.39, 0.29) is 0 Å². The van der Waals surface area contributed by atoms with Crippen molar-refractivity contribution in [2.45, 2.75) is 91.9 Å². The number of hydrogen-bond acceptors (Lipinski definition) is 6. The van der Waals surface area contributed by atoms with Gasteiger partial charge in [0.1, 0.15) is 0 Å². The largest absolute Gasteiger partial charge is 0.331 e. The molecule has 1 aromatic carbocycles. The molecule has 0 amide bonds. The summed E-state index contributed by atoms with van der Waals surface area (Å²) in [7, 11) is -6.31. The van der Waals surface area contributed by atoms with Gasteiger partial charge >= 0.3 is 15.2 Å². The zero-order valence-corrected chi connectivity index (χ0v) is 23.8. The van der Waals surface area contributed by atoms with Crippen LogP contribution in [0, 0.1) is 0 Å². The monoisotopic (exact) mass is 518 g/mol. The average molecular weight is 519 g/mol. The molecule has 0 atom stereocenters. The normalized spacial score (nSPS) is 12.4. The Balaban J connectivity index is 2.83. The zero-order valence-electron chi connectivity index (χ0n) is 22.0. The van der Waals surface area contributed by atoms with Crippen molar-refractivity contribution in [1.82, 2.24) is 0 Å². The van der Waals surface area contributed by atoms with E-state index in [9.17, 15) is 9.13 Å². The molecule has 198 valence electrons. The molecule has 0 aliphatic heterocycles. The van der Waals surface area contributed by atoms with E-state index < -0.39 is 15.2 Å². The van der Waals surface area contributed by atoms with E-state index in [0.29, 0.717) is 51.6 Å². The lowest BCUT2D eigenvalue weighted by molar-refractivity contribution is 0.199. The first-order valence-electron chi connectivity index (χ1n) is 13.2. The van der Waals surface area contributed by atoms with Gasteiger partial charge in [0, 0.05) is 0 Å². The second kappa shape index (κ2) is 18.7. The Kier molecular flexibility index (Phi) is 17.4. The molecule has 0 N–H and O–H groups in total. The SMILES string of the molecule is CCCCOP(=O)(CCc1ccccc1CCP(=O)(OCCCC)OCCCC)OCCCC. The van der Waals surface area contributed by atoms with Crippen molar-refractivity contribution in [3.8, 4) is 0 Å². The Morgan fingerprint density at radius 2 is 0.853 bits per heavy atom. The molecule has 1 aromatic rings. The Morgan fingerprint density at radius 1 is 0.559 bits per heavy atom. The van der Waals surface area contributed by atoms with Gasteiger partial charge < -0.3 is 18.1 Å². The lowest BCUT2D eigenvalue weighted by Gasteiger charge is -2.21. The van der Waals surface area contributed by atoms with Crippen molar-refractivity contribution in [1.29, 1.82) is 0 Å². The molecule has 0 heterocycles. The Morgan fingerprint density at radius 3 is 1.12 bits per heavy atom. The minimum Gasteiger partial charge on any atom is -0.309 e. The molecule has 34 heavy (non-hydrogen) atoms. The van der Waals surface area contributed by atoms with Crippen LogP contribution in [0.15, 0.2) is 24.3 Å². The minimum absolute atomic E-state index is 0.342. The lowest BCUT2D eigenvalue weighted by atomic mass is 10.0. The number of aryl methyl sites for hydroxylation is 2. The molecule has 0 bridgehead atoms. The van der Waals surface area contributed by atoms with Gasteiger partial charge in [-0.25, -0.2) is 0 Å². The van der Waals surface area contributed by atoms with Gasteiger partial charge in [-0.1, -0.05) is 77.6 Å². The highest BCUT2D eigenvalue weighted by atomic mass is 31.2. The maximum atomic E-state index is 13.3. The molecular weight excluding hydrogens is 470 g/mol. The van der Waals surface area contributed by atoms with E-state index in [4.69, 9.17) is 18.1 Å². The van der Waals surface area contributed by atoms with Crippen LogP contribution in [0.25, 0.3) is 0 Å². The minimum atomic E-state index is -3.16. The van der Waals surface area contributed by atoms with Gasteiger partial charge in [0.15, 0.2) is 0 Å². The first-order chi connectivity index (χ1) is 16.4. The highest BCUT2D eigenvalue weighted by Crippen LogP contribution is 2.50. The second-order valence-corrected chi connectivity index (χ2v) is 13.1. The number of benzene rings is 1. The second-order valence-electron chi connectivity index (χ2n) is 8.68. The topological polar surface area (TPSA) is 71.1 Å². The summed E-state index contributed by atoms with van der Waals surface area (Å²) in [5.41, 5.74) is 2.16. The van der Waals surface area contributed by atoms with Crippen LogP contribution in [0.3, 0.4) is 0 Å². The first kappa shape index (κ1) is 31.5. The molecule has 0 saturated carbocycles. The molecule has 8 heteroatoms. The van der Waals surface area contributed by atoms with Crippen LogP contribution < -0.4 is 0 Å². The highest BCUT2D eigenvalue weighted by Gasteiger charge is 2.27. The Bertz CT molecular complexity index is 651. The van der Waals surface area contributed by atoms with E-state index in [0.717, 1.165) is 62.5 Å². The maximum Gasteiger partial charge on any atom is 0.331 e. The fraction of sp³-hybridized carbons (Fsp3) is 0.769. The van der Waals surface area contributed by atoms with E-state index in [2.05, 4.69) is 27.7 Å². The van der Waals surface area contributed by atoms with Crippen LogP contribution in [0.2, 0.25) is 0 Å². The summed E-state index contributed by atoms with van der Waals surface area (Å²) in [5.74, 6) is 0. The van der Waals surface area contributed by atoms with Crippen molar-refractivity contribution in [2.24, 2.45) is 0 Å². The van der Waals surface area contributed by atoms with E-state index in [1.54, 1.807) is 0 Å². The van der Waals surface area contributed by atoms with Gasteiger partial charge in [-0.05, 0) is 49.7 Å². The first-order valence-corrected chi connectivity index (χ1v) is 16.7. The van der Waals surface area contributed by atoms with E-state index in [1.165, 1.54) is 0 Å². The molecular formula is C26H48O6P2. The van der Waals surface area contributed by atoms with E-state index in [1.807, 2.05) is 24.3 Å². The van der Waals surface area contributed by atoms with Gasteiger partial charge in [-0.15, -0.1) is 0 Å². The van der Waals surface area contributed by atoms with Crippen LogP contribution >= 0.6 is 15.2 Å². The smallest absolute Gasteiger partial charge is 0.309 e. The molecule has 6 nitrogen and oxygen atoms in total. The van der Waals surface area contributed by atoms with Crippen LogP contribution in [0.1, 0.15) is 90.2 Å². The summed E-state index contributed by atoms with van der Waals surface area (Å²) in [5, 5.41) is 0. The summed E-state index contributed by atoms with van der Waals surface area (Å²) < 4.78 is 49.7. The van der Waals surface area contributed by atoms with Gasteiger partial charge in [-0.2, -0.15) is 0 Å². The predicted octanol–water partition coefficient (Wildman–Crippen LogP) is 8.42. The number of unbranched alkanes of at least 4 members (excludes halogenated alkanes) is 4. The summed E-state index contributed by atoms with van der Waals surface area (Å²) in [6.45, 7) is 10.1. The van der Waals surface area contributed by atoms with Crippen molar-refractivity contribution < 1.29 is 27.2 Å². The molecule has 0 radical (unpaired) electrons. The van der Waals surface area contributed by atoms with Gasteiger partial charge in [-0.3, -0.25) is 9.13 Å². The van der Waals surface area contributed by atoms with Crippen LogP contribution in [-0.2, 0) is 40.1 Å². The molecule has 0 aromatic heterocycles. The highest BCUT2D eigenvalue weighted by molar-refractivity contribution is 7.54. The third-order valence-corrected chi connectivity index (χ3v) is 9.42. The predicted molar refractivity (Wildman–Crippen MR) is 142 cm³/mol. The number of hydrogen-bond donors (Lipinski definition) is 0. The van der Waals surface area contributed by atoms with Crippen molar-refractivity contribution in [2.75, 3.05) is 38.8 Å². The molecule has 0 saturated heterocycles. The molecule has 0 spiro atoms. The molecule has 1 rings (SSSR count). The van der Waals surface area contributed by atoms with Gasteiger partial charge in [0.2, 0.25) is 0 Å². The third-order valence-electron chi connectivity index (χ3n) is 5.57. The average Bonchev–Trinajstić information content (AvgIpc) is 2.83. The lowest BCUT2D eigenvalue weighted by Crippen LogP contribution is -2.08. The van der Waals surface area contributed by atoms with Crippen LogP contribution in [0.4, 0.5) is 0 Å². The molecule has 0 aliphatic carbocycles. The summed E-state index contributed by atoms with van der Waals surface area (Å²) in [6.07, 6.45) is 9.25. The van der Waals surface area contributed by atoms with Crippen molar-refractivity contribution in [3.63, 3.8) is 0 Å². The standard InChI is InChI=1S/C26H48O6P2/c1-5-9-19-29-33(27,30-20-10-6-2)23-17-25-15-13-14-16-26(25)18-24-34(28,31-21-11-7-3)32-22-12-8-4/h13-16H,5-12,17-24H2,1-4H3. The quantitative estimate of drug-likeness (QED) is 0.113. The molecule has 0 fully saturated rings. The summed E-state index contributed by atoms with van der Waals surface area (Å²) in [6, 6.07) is 8.04. The fourth-order valence-electron chi connectivity index (χ4n) is 3.28. The molecule has 0 unspecified atom stereocenters. The van der Waals surface area contributed by atoms with Gasteiger partial charge in [0.25, 0.3) is 0 Å². The molecule has 0 aliphatic rings. The van der Waals surface area contributed by atoms with Crippen LogP contribution in [0.5, 0.6) is 0 Å². The summed E-state index contributed by atoms with van der Waals surface area (Å²) in [4.78, 5) is 0. The number of rotatable bonds is 22. The van der Waals surface area contributed by atoms with Crippen molar-refractivity contribution in [3.05, 3.63) is 35.4 Å².